The number of rotatable bonds is 8. The zero-order valence-electron chi connectivity index (χ0n) is 17.1. The Labute approximate surface area is 190 Å². The van der Waals surface area contributed by atoms with Crippen molar-refractivity contribution in [3.05, 3.63) is 43.7 Å². The number of hydrogen-bond acceptors (Lipinski definition) is 5. The molecule has 1 aromatic heterocycles. The molecular formula is C22H25Cl2NO4S. The molecule has 1 aromatic carbocycles. The van der Waals surface area contributed by atoms with Crippen LogP contribution in [0.4, 0.5) is 5.00 Å². The summed E-state index contributed by atoms with van der Waals surface area (Å²) in [6.07, 6.45) is 6.87. The van der Waals surface area contributed by atoms with Gasteiger partial charge >= 0.3 is 5.97 Å². The van der Waals surface area contributed by atoms with Gasteiger partial charge in [-0.05, 0) is 49.8 Å². The van der Waals surface area contributed by atoms with E-state index in [-0.39, 0.29) is 16.0 Å². The number of carbonyl (C=O) groups is 2. The Morgan fingerprint density at radius 3 is 2.50 bits per heavy atom. The van der Waals surface area contributed by atoms with Crippen LogP contribution in [0.25, 0.3) is 0 Å². The highest BCUT2D eigenvalue weighted by atomic mass is 35.5. The van der Waals surface area contributed by atoms with Crippen molar-refractivity contribution in [1.29, 1.82) is 0 Å². The van der Waals surface area contributed by atoms with Crippen LogP contribution in [0.1, 0.15) is 70.2 Å². The Kier molecular flexibility index (Phi) is 8.03. The van der Waals surface area contributed by atoms with Gasteiger partial charge in [0.25, 0.3) is 5.91 Å². The van der Waals surface area contributed by atoms with Crippen molar-refractivity contribution in [2.45, 2.75) is 51.9 Å². The number of anilines is 1. The highest BCUT2D eigenvalue weighted by Crippen LogP contribution is 2.39. The molecule has 0 spiro atoms. The van der Waals surface area contributed by atoms with E-state index in [1.54, 1.807) is 0 Å². The van der Waals surface area contributed by atoms with Crippen molar-refractivity contribution in [3.63, 3.8) is 0 Å². The molecule has 1 N–H and O–H groups in total. The van der Waals surface area contributed by atoms with Gasteiger partial charge in [0.2, 0.25) is 0 Å². The first-order valence-corrected chi connectivity index (χ1v) is 11.7. The second kappa shape index (κ2) is 10.5. The summed E-state index contributed by atoms with van der Waals surface area (Å²) in [5.74, 6) is -0.440. The van der Waals surface area contributed by atoms with Crippen LogP contribution in [-0.4, -0.2) is 25.6 Å². The first-order valence-electron chi connectivity index (χ1n) is 10.1. The zero-order chi connectivity index (χ0) is 21.7. The Balaban J connectivity index is 1.81. The van der Waals surface area contributed by atoms with E-state index in [2.05, 4.69) is 12.2 Å². The molecule has 30 heavy (non-hydrogen) atoms. The van der Waals surface area contributed by atoms with Crippen molar-refractivity contribution in [2.24, 2.45) is 0 Å². The molecular weight excluding hydrogens is 445 g/mol. The van der Waals surface area contributed by atoms with Crippen molar-refractivity contribution in [1.82, 2.24) is 0 Å². The van der Waals surface area contributed by atoms with E-state index in [9.17, 15) is 9.59 Å². The molecule has 0 fully saturated rings. The Morgan fingerprint density at radius 1 is 1.13 bits per heavy atom. The fraction of sp³-hybridized carbons (Fsp3) is 0.455. The molecule has 0 aliphatic heterocycles. The van der Waals surface area contributed by atoms with E-state index in [1.807, 2.05) is 0 Å². The molecule has 1 heterocycles. The Bertz CT molecular complexity index is 918. The van der Waals surface area contributed by atoms with Gasteiger partial charge < -0.3 is 14.8 Å². The minimum absolute atomic E-state index is 0.280. The van der Waals surface area contributed by atoms with Crippen molar-refractivity contribution in [2.75, 3.05) is 19.0 Å². The van der Waals surface area contributed by atoms with Crippen LogP contribution >= 0.6 is 34.5 Å². The third-order valence-corrected chi connectivity index (χ3v) is 6.81. The molecule has 0 radical (unpaired) electrons. The maximum absolute atomic E-state index is 12.9. The number of fused-ring (bicyclic) bond motifs is 1. The van der Waals surface area contributed by atoms with Gasteiger partial charge in [-0.3, -0.25) is 4.79 Å². The average molecular weight is 470 g/mol. The fourth-order valence-corrected chi connectivity index (χ4v) is 5.37. The van der Waals surface area contributed by atoms with E-state index < -0.39 is 5.97 Å². The number of thiophene rings is 1. The van der Waals surface area contributed by atoms with Gasteiger partial charge in [0, 0.05) is 10.4 Å². The number of halogens is 2. The average Bonchev–Trinajstić information content (AvgIpc) is 3.09. The molecule has 162 valence electrons. The summed E-state index contributed by atoms with van der Waals surface area (Å²) in [5.41, 5.74) is 1.74. The monoisotopic (exact) mass is 469 g/mol. The summed E-state index contributed by atoms with van der Waals surface area (Å²) in [4.78, 5) is 26.4. The topological polar surface area (TPSA) is 64.6 Å². The highest BCUT2D eigenvalue weighted by Gasteiger charge is 2.27. The SMILES string of the molecule is CCCCCOc1c(Cl)cc(C(=O)Nc2sc3c(c2C(=O)OC)CCCC3)cc1Cl. The van der Waals surface area contributed by atoms with Gasteiger partial charge in [0.15, 0.2) is 5.75 Å². The smallest absolute Gasteiger partial charge is 0.341 e. The van der Waals surface area contributed by atoms with Gasteiger partial charge in [0.1, 0.15) is 5.00 Å². The van der Waals surface area contributed by atoms with E-state index in [4.69, 9.17) is 32.7 Å². The van der Waals surface area contributed by atoms with Gasteiger partial charge in [-0.1, -0.05) is 43.0 Å². The molecule has 1 aliphatic carbocycles. The minimum Gasteiger partial charge on any atom is -0.490 e. The van der Waals surface area contributed by atoms with E-state index in [0.717, 1.165) is 55.4 Å². The lowest BCUT2D eigenvalue weighted by molar-refractivity contribution is 0.0601. The van der Waals surface area contributed by atoms with Crippen LogP contribution in [0.5, 0.6) is 5.75 Å². The van der Waals surface area contributed by atoms with Gasteiger partial charge in [0.05, 0.1) is 29.3 Å². The molecule has 0 bridgehead atoms. The second-order valence-electron chi connectivity index (χ2n) is 7.19. The second-order valence-corrected chi connectivity index (χ2v) is 9.10. The predicted molar refractivity (Wildman–Crippen MR) is 122 cm³/mol. The number of amides is 1. The molecule has 1 amide bonds. The van der Waals surface area contributed by atoms with Crippen LogP contribution in [0.2, 0.25) is 10.0 Å². The normalized spacial score (nSPS) is 12.9. The van der Waals surface area contributed by atoms with Crippen molar-refractivity contribution in [3.8, 4) is 5.75 Å². The third kappa shape index (κ3) is 5.10. The molecule has 3 rings (SSSR count). The summed E-state index contributed by atoms with van der Waals surface area (Å²) in [6.45, 7) is 2.63. The lowest BCUT2D eigenvalue weighted by Crippen LogP contribution is -2.15. The molecule has 5 nitrogen and oxygen atoms in total. The lowest BCUT2D eigenvalue weighted by Gasteiger charge is -2.13. The molecule has 2 aromatic rings. The summed E-state index contributed by atoms with van der Waals surface area (Å²) in [7, 11) is 1.35. The Morgan fingerprint density at radius 2 is 1.83 bits per heavy atom. The lowest BCUT2D eigenvalue weighted by atomic mass is 9.95. The number of carbonyl (C=O) groups excluding carboxylic acids is 2. The van der Waals surface area contributed by atoms with E-state index >= 15 is 0 Å². The molecule has 0 atom stereocenters. The molecule has 0 saturated heterocycles. The van der Waals surface area contributed by atoms with E-state index in [1.165, 1.54) is 30.6 Å². The summed E-state index contributed by atoms with van der Waals surface area (Å²) < 4.78 is 10.6. The van der Waals surface area contributed by atoms with Gasteiger partial charge in [-0.2, -0.15) is 0 Å². The van der Waals surface area contributed by atoms with Crippen LogP contribution in [0.15, 0.2) is 12.1 Å². The molecule has 0 saturated carbocycles. The van der Waals surface area contributed by atoms with Crippen molar-refractivity contribution < 1.29 is 19.1 Å². The zero-order valence-corrected chi connectivity index (χ0v) is 19.4. The van der Waals surface area contributed by atoms with Crippen molar-refractivity contribution >= 4 is 51.4 Å². The van der Waals surface area contributed by atoms with Gasteiger partial charge in [-0.25, -0.2) is 4.79 Å². The third-order valence-electron chi connectivity index (χ3n) is 5.04. The summed E-state index contributed by atoms with van der Waals surface area (Å²) >= 11 is 14.1. The highest BCUT2D eigenvalue weighted by molar-refractivity contribution is 7.17. The number of ether oxygens (including phenoxy) is 2. The Hall–Kier alpha value is -1.76. The maximum atomic E-state index is 12.9. The van der Waals surface area contributed by atoms with Crippen LogP contribution in [0.3, 0.4) is 0 Å². The first-order chi connectivity index (χ1) is 14.5. The number of benzene rings is 1. The molecule has 0 unspecified atom stereocenters. The summed E-state index contributed by atoms with van der Waals surface area (Å²) in [5, 5.41) is 3.92. The maximum Gasteiger partial charge on any atom is 0.341 e. The predicted octanol–water partition coefficient (Wildman–Crippen LogP) is 6.54. The number of methoxy groups -OCH3 is 1. The standard InChI is InChI=1S/C22H25Cl2NO4S/c1-3-4-7-10-29-19-15(23)11-13(12-16(19)24)20(26)25-21-18(22(27)28-2)14-8-5-6-9-17(14)30-21/h11-12H,3-10H2,1-2H3,(H,25,26). The van der Waals surface area contributed by atoms with Gasteiger partial charge in [-0.15, -0.1) is 11.3 Å². The van der Waals surface area contributed by atoms with Crippen LogP contribution < -0.4 is 10.1 Å². The number of unbranched alkanes of at least 4 members (excludes halogenated alkanes) is 2. The fourth-order valence-electron chi connectivity index (χ4n) is 3.50. The van der Waals surface area contributed by atoms with Crippen LogP contribution in [0, 0.1) is 0 Å². The number of esters is 1. The minimum atomic E-state index is -0.434. The summed E-state index contributed by atoms with van der Waals surface area (Å²) in [6, 6.07) is 3.06. The quantitative estimate of drug-likeness (QED) is 0.351. The first kappa shape index (κ1) is 22.9. The van der Waals surface area contributed by atoms with E-state index in [0.29, 0.717) is 28.5 Å². The largest absolute Gasteiger partial charge is 0.490 e. The van der Waals surface area contributed by atoms with Crippen LogP contribution in [-0.2, 0) is 17.6 Å². The number of aryl methyl sites for hydroxylation is 1. The molecule has 8 heteroatoms. The molecule has 1 aliphatic rings. The number of hydrogen-bond donors (Lipinski definition) is 1. The number of nitrogens with one attached hydrogen (secondary N) is 1.